The van der Waals surface area contributed by atoms with Crippen LogP contribution in [0.4, 0.5) is 30.2 Å². The van der Waals surface area contributed by atoms with Crippen LogP contribution in [0.2, 0.25) is 0 Å². The SMILES string of the molecule is Nc1ccc(C(=O)Nc2ccc(C(F)(F)F)nc2)cc1N. The Kier molecular flexibility index (Phi) is 3.70. The first kappa shape index (κ1) is 14.6. The molecule has 0 unspecified atom stereocenters. The van der Waals surface area contributed by atoms with Gasteiger partial charge in [0.05, 0.1) is 23.3 Å². The van der Waals surface area contributed by atoms with Crippen LogP contribution in [0.3, 0.4) is 0 Å². The third-order valence-corrected chi connectivity index (χ3v) is 2.66. The number of nitrogens with two attached hydrogens (primary N) is 2. The van der Waals surface area contributed by atoms with Crippen molar-refractivity contribution in [2.24, 2.45) is 0 Å². The van der Waals surface area contributed by atoms with Crippen molar-refractivity contribution in [2.75, 3.05) is 16.8 Å². The van der Waals surface area contributed by atoms with Gasteiger partial charge in [0.2, 0.25) is 0 Å². The fraction of sp³-hybridized carbons (Fsp3) is 0.0769. The monoisotopic (exact) mass is 296 g/mol. The summed E-state index contributed by atoms with van der Waals surface area (Å²) in [5, 5.41) is 2.42. The zero-order chi connectivity index (χ0) is 15.6. The molecule has 0 saturated carbocycles. The quantitative estimate of drug-likeness (QED) is 0.742. The predicted octanol–water partition coefficient (Wildman–Crippen LogP) is 2.52. The third kappa shape index (κ3) is 3.41. The van der Waals surface area contributed by atoms with Crippen molar-refractivity contribution >= 4 is 23.0 Å². The van der Waals surface area contributed by atoms with Crippen molar-refractivity contribution in [1.82, 2.24) is 4.98 Å². The number of halogens is 3. The molecule has 21 heavy (non-hydrogen) atoms. The van der Waals surface area contributed by atoms with Gasteiger partial charge in [-0.2, -0.15) is 13.2 Å². The van der Waals surface area contributed by atoms with Crippen LogP contribution in [-0.4, -0.2) is 10.9 Å². The van der Waals surface area contributed by atoms with E-state index < -0.39 is 17.8 Å². The lowest BCUT2D eigenvalue weighted by Crippen LogP contribution is -2.14. The Labute approximate surface area is 117 Å². The van der Waals surface area contributed by atoms with Crippen molar-refractivity contribution in [3.63, 3.8) is 0 Å². The van der Waals surface area contributed by atoms with Crippen LogP contribution in [0, 0.1) is 0 Å². The maximum Gasteiger partial charge on any atom is 0.433 e. The maximum absolute atomic E-state index is 12.4. The molecule has 1 aromatic heterocycles. The smallest absolute Gasteiger partial charge is 0.397 e. The fourth-order valence-electron chi connectivity index (χ4n) is 1.55. The van der Waals surface area contributed by atoms with Gasteiger partial charge < -0.3 is 16.8 Å². The van der Waals surface area contributed by atoms with Crippen molar-refractivity contribution in [3.8, 4) is 0 Å². The summed E-state index contributed by atoms with van der Waals surface area (Å²) in [5.41, 5.74) is 11.0. The van der Waals surface area contributed by atoms with Gasteiger partial charge in [-0.05, 0) is 30.3 Å². The average molecular weight is 296 g/mol. The lowest BCUT2D eigenvalue weighted by molar-refractivity contribution is -0.141. The Morgan fingerprint density at radius 1 is 1.10 bits per heavy atom. The lowest BCUT2D eigenvalue weighted by Gasteiger charge is -2.08. The average Bonchev–Trinajstić information content (AvgIpc) is 2.41. The van der Waals surface area contributed by atoms with Crippen LogP contribution in [0.5, 0.6) is 0 Å². The van der Waals surface area contributed by atoms with E-state index in [0.29, 0.717) is 5.69 Å². The number of aromatic nitrogens is 1. The highest BCUT2D eigenvalue weighted by Crippen LogP contribution is 2.27. The number of pyridine rings is 1. The van der Waals surface area contributed by atoms with Crippen LogP contribution in [0.1, 0.15) is 16.1 Å². The minimum atomic E-state index is -4.52. The summed E-state index contributed by atoms with van der Waals surface area (Å²) >= 11 is 0. The van der Waals surface area contributed by atoms with Crippen LogP contribution >= 0.6 is 0 Å². The van der Waals surface area contributed by atoms with E-state index in [1.807, 2.05) is 0 Å². The van der Waals surface area contributed by atoms with Gasteiger partial charge in [0.25, 0.3) is 5.91 Å². The minimum Gasteiger partial charge on any atom is -0.397 e. The van der Waals surface area contributed by atoms with Crippen molar-refractivity contribution < 1.29 is 18.0 Å². The van der Waals surface area contributed by atoms with Crippen LogP contribution < -0.4 is 16.8 Å². The number of hydrogen-bond donors (Lipinski definition) is 3. The van der Waals surface area contributed by atoms with Crippen LogP contribution in [-0.2, 0) is 6.18 Å². The minimum absolute atomic E-state index is 0.142. The molecule has 1 amide bonds. The Morgan fingerprint density at radius 2 is 1.81 bits per heavy atom. The Hall–Kier alpha value is -2.77. The molecule has 1 heterocycles. The number of nitrogens with zero attached hydrogens (tertiary/aromatic N) is 1. The lowest BCUT2D eigenvalue weighted by atomic mass is 10.1. The summed E-state index contributed by atoms with van der Waals surface area (Å²) in [6.07, 6.45) is -3.59. The number of rotatable bonds is 2. The molecule has 0 bridgehead atoms. The molecule has 0 fully saturated rings. The van der Waals surface area contributed by atoms with Gasteiger partial charge in [-0.1, -0.05) is 0 Å². The van der Waals surface area contributed by atoms with Gasteiger partial charge in [-0.25, -0.2) is 4.98 Å². The second-order valence-corrected chi connectivity index (χ2v) is 4.23. The summed E-state index contributed by atoms with van der Waals surface area (Å²) in [4.78, 5) is 15.1. The van der Waals surface area contributed by atoms with E-state index in [9.17, 15) is 18.0 Å². The molecule has 110 valence electrons. The van der Waals surface area contributed by atoms with Crippen LogP contribution in [0.25, 0.3) is 0 Å². The summed E-state index contributed by atoms with van der Waals surface area (Å²) in [5.74, 6) is -0.525. The number of nitrogen functional groups attached to an aromatic ring is 2. The highest BCUT2D eigenvalue weighted by molar-refractivity contribution is 6.05. The molecule has 2 aromatic rings. The van der Waals surface area contributed by atoms with Crippen LogP contribution in [0.15, 0.2) is 36.5 Å². The van der Waals surface area contributed by atoms with Gasteiger partial charge in [-0.3, -0.25) is 4.79 Å². The van der Waals surface area contributed by atoms with Gasteiger partial charge in [0, 0.05) is 5.56 Å². The van der Waals surface area contributed by atoms with Gasteiger partial charge in [0.15, 0.2) is 0 Å². The summed E-state index contributed by atoms with van der Waals surface area (Å²) in [7, 11) is 0. The first-order valence-corrected chi connectivity index (χ1v) is 5.77. The molecule has 0 radical (unpaired) electrons. The Balaban J connectivity index is 2.14. The summed E-state index contributed by atoms with van der Waals surface area (Å²) in [6, 6.07) is 6.21. The second kappa shape index (κ2) is 5.31. The van der Waals surface area contributed by atoms with E-state index in [2.05, 4.69) is 10.3 Å². The fourth-order valence-corrected chi connectivity index (χ4v) is 1.55. The molecular weight excluding hydrogens is 285 g/mol. The number of carbonyl (C=O) groups is 1. The molecule has 0 spiro atoms. The topological polar surface area (TPSA) is 94.0 Å². The highest BCUT2D eigenvalue weighted by Gasteiger charge is 2.32. The number of amides is 1. The van der Waals surface area contributed by atoms with E-state index in [-0.39, 0.29) is 16.9 Å². The van der Waals surface area contributed by atoms with E-state index in [1.165, 1.54) is 18.2 Å². The molecule has 1 aromatic carbocycles. The molecule has 0 aliphatic carbocycles. The molecule has 5 nitrogen and oxygen atoms in total. The van der Waals surface area contributed by atoms with Gasteiger partial charge in [-0.15, -0.1) is 0 Å². The number of benzene rings is 1. The third-order valence-electron chi connectivity index (χ3n) is 2.66. The van der Waals surface area contributed by atoms with E-state index in [1.54, 1.807) is 0 Å². The van der Waals surface area contributed by atoms with Gasteiger partial charge >= 0.3 is 6.18 Å². The van der Waals surface area contributed by atoms with Crippen molar-refractivity contribution in [1.29, 1.82) is 0 Å². The van der Waals surface area contributed by atoms with Crippen molar-refractivity contribution in [3.05, 3.63) is 47.8 Å². The molecule has 5 N–H and O–H groups in total. The first-order chi connectivity index (χ1) is 9.77. The van der Waals surface area contributed by atoms with E-state index in [4.69, 9.17) is 11.5 Å². The summed E-state index contributed by atoms with van der Waals surface area (Å²) in [6.45, 7) is 0. The molecule has 8 heteroatoms. The largest absolute Gasteiger partial charge is 0.433 e. The van der Waals surface area contributed by atoms with E-state index >= 15 is 0 Å². The number of nitrogens with one attached hydrogen (secondary N) is 1. The zero-order valence-corrected chi connectivity index (χ0v) is 10.6. The molecule has 0 saturated heterocycles. The number of hydrogen-bond acceptors (Lipinski definition) is 4. The molecule has 0 atom stereocenters. The number of alkyl halides is 3. The second-order valence-electron chi connectivity index (χ2n) is 4.23. The maximum atomic E-state index is 12.4. The highest BCUT2D eigenvalue weighted by atomic mass is 19.4. The zero-order valence-electron chi connectivity index (χ0n) is 10.6. The standard InChI is InChI=1S/C13H11F3N4O/c14-13(15,16)11-4-2-8(6-19-11)20-12(21)7-1-3-9(17)10(18)5-7/h1-6H,17-18H2,(H,20,21). The Morgan fingerprint density at radius 3 is 2.33 bits per heavy atom. The molecule has 0 aliphatic heterocycles. The predicted molar refractivity (Wildman–Crippen MR) is 72.5 cm³/mol. The Bertz CT molecular complexity index is 668. The number of anilines is 3. The van der Waals surface area contributed by atoms with E-state index in [0.717, 1.165) is 18.3 Å². The molecule has 0 aliphatic rings. The first-order valence-electron chi connectivity index (χ1n) is 5.77. The summed E-state index contributed by atoms with van der Waals surface area (Å²) < 4.78 is 37.1. The number of carbonyl (C=O) groups excluding carboxylic acids is 1. The van der Waals surface area contributed by atoms with Gasteiger partial charge in [0.1, 0.15) is 5.69 Å². The van der Waals surface area contributed by atoms with Crippen molar-refractivity contribution in [2.45, 2.75) is 6.18 Å². The molecular formula is C13H11F3N4O. The molecule has 2 rings (SSSR count). The normalized spacial score (nSPS) is 11.2.